The Labute approximate surface area is 129 Å². The molecule has 0 unspecified atom stereocenters. The maximum absolute atomic E-state index is 12.1. The molecule has 0 saturated heterocycles. The van der Waals surface area contributed by atoms with Crippen LogP contribution in [0.1, 0.15) is 25.3 Å². The maximum atomic E-state index is 12.1. The molecule has 5 heteroatoms. The first-order valence-electron chi connectivity index (χ1n) is 7.15. The lowest BCUT2D eigenvalue weighted by molar-refractivity contribution is 0.623. The largest absolute Gasteiger partial charge is 0.312 e. The Hall–Kier alpha value is -1.65. The minimum atomic E-state index is -0.0586. The van der Waals surface area contributed by atoms with Crippen LogP contribution in [0.25, 0.3) is 11.3 Å². The summed E-state index contributed by atoms with van der Waals surface area (Å²) < 4.78 is 1.39. The minimum Gasteiger partial charge on any atom is -0.312 e. The molecule has 0 aliphatic rings. The molecule has 0 saturated carbocycles. The zero-order chi connectivity index (χ0) is 15.2. The number of halogens is 1. The van der Waals surface area contributed by atoms with Crippen LogP contribution in [0.2, 0.25) is 5.02 Å². The third-order valence-corrected chi connectivity index (χ3v) is 3.55. The van der Waals surface area contributed by atoms with Crippen molar-refractivity contribution in [3.8, 4) is 11.3 Å². The van der Waals surface area contributed by atoms with Gasteiger partial charge in [-0.3, -0.25) is 4.79 Å². The molecule has 0 aliphatic carbocycles. The molecule has 2 aromatic rings. The van der Waals surface area contributed by atoms with Crippen molar-refractivity contribution < 1.29 is 0 Å². The van der Waals surface area contributed by atoms with Gasteiger partial charge in [0.25, 0.3) is 5.56 Å². The Bertz CT molecular complexity index is 650. The van der Waals surface area contributed by atoms with Gasteiger partial charge in [-0.15, -0.1) is 0 Å². The van der Waals surface area contributed by atoms with E-state index in [1.807, 2.05) is 30.3 Å². The van der Waals surface area contributed by atoms with Crippen LogP contribution in [0.3, 0.4) is 0 Å². The molecule has 4 nitrogen and oxygen atoms in total. The molecule has 1 N–H and O–H groups in total. The number of hydrogen-bond acceptors (Lipinski definition) is 3. The van der Waals surface area contributed by atoms with Crippen molar-refractivity contribution in [3.05, 3.63) is 51.3 Å². The second-order valence-corrected chi connectivity index (χ2v) is 5.46. The van der Waals surface area contributed by atoms with Crippen LogP contribution >= 0.6 is 11.6 Å². The van der Waals surface area contributed by atoms with Crippen molar-refractivity contribution in [2.24, 2.45) is 7.05 Å². The first-order valence-corrected chi connectivity index (χ1v) is 7.53. The zero-order valence-electron chi connectivity index (χ0n) is 12.4. The van der Waals surface area contributed by atoms with Gasteiger partial charge in [-0.25, -0.2) is 4.68 Å². The lowest BCUT2D eigenvalue weighted by atomic mass is 10.1. The summed E-state index contributed by atoms with van der Waals surface area (Å²) in [5.74, 6) is 0. The lowest BCUT2D eigenvalue weighted by Gasteiger charge is -2.08. The normalized spacial score (nSPS) is 10.8. The van der Waals surface area contributed by atoms with Gasteiger partial charge in [-0.05, 0) is 31.2 Å². The summed E-state index contributed by atoms with van der Waals surface area (Å²) in [5.41, 5.74) is 2.40. The van der Waals surface area contributed by atoms with Gasteiger partial charge in [0.05, 0.1) is 5.69 Å². The average Bonchev–Trinajstić information content (AvgIpc) is 2.48. The second kappa shape index (κ2) is 7.38. The molecule has 0 spiro atoms. The van der Waals surface area contributed by atoms with Crippen LogP contribution in [0.15, 0.2) is 35.1 Å². The predicted octanol–water partition coefficient (Wildman–Crippen LogP) is 2.99. The topological polar surface area (TPSA) is 46.9 Å². The molecule has 0 amide bonds. The summed E-state index contributed by atoms with van der Waals surface area (Å²) >= 11 is 5.90. The summed E-state index contributed by atoms with van der Waals surface area (Å²) in [6, 6.07) is 9.31. The number of nitrogens with zero attached hydrogens (tertiary/aromatic N) is 2. The van der Waals surface area contributed by atoms with Gasteiger partial charge >= 0.3 is 0 Å². The molecule has 1 aromatic carbocycles. The summed E-state index contributed by atoms with van der Waals surface area (Å²) in [7, 11) is 1.68. The van der Waals surface area contributed by atoms with E-state index < -0.39 is 0 Å². The molecule has 2 rings (SSSR count). The summed E-state index contributed by atoms with van der Waals surface area (Å²) in [6.45, 7) is 3.62. The van der Waals surface area contributed by atoms with Gasteiger partial charge in [-0.2, -0.15) is 5.10 Å². The predicted molar refractivity (Wildman–Crippen MR) is 86.5 cm³/mol. The monoisotopic (exact) mass is 305 g/mol. The highest BCUT2D eigenvalue weighted by Gasteiger charge is 2.07. The van der Waals surface area contributed by atoms with E-state index in [0.29, 0.717) is 11.6 Å². The maximum Gasteiger partial charge on any atom is 0.271 e. The van der Waals surface area contributed by atoms with E-state index in [2.05, 4.69) is 17.3 Å². The number of hydrogen-bond donors (Lipinski definition) is 1. The van der Waals surface area contributed by atoms with Crippen molar-refractivity contribution >= 4 is 11.6 Å². The third-order valence-electron chi connectivity index (χ3n) is 3.30. The summed E-state index contributed by atoms with van der Waals surface area (Å²) in [5, 5.41) is 8.29. The Morgan fingerprint density at radius 2 is 2.00 bits per heavy atom. The van der Waals surface area contributed by atoms with Crippen molar-refractivity contribution in [2.75, 3.05) is 6.54 Å². The van der Waals surface area contributed by atoms with E-state index >= 15 is 0 Å². The molecule has 0 atom stereocenters. The van der Waals surface area contributed by atoms with Crippen molar-refractivity contribution in [1.82, 2.24) is 15.1 Å². The molecule has 0 fully saturated rings. The Morgan fingerprint density at radius 3 is 2.67 bits per heavy atom. The molecule has 0 bridgehead atoms. The quantitative estimate of drug-likeness (QED) is 0.835. The van der Waals surface area contributed by atoms with Crippen LogP contribution in [0.4, 0.5) is 0 Å². The highest BCUT2D eigenvalue weighted by Crippen LogP contribution is 2.19. The van der Waals surface area contributed by atoms with Gasteiger partial charge in [0.1, 0.15) is 0 Å². The van der Waals surface area contributed by atoms with Crippen LogP contribution in [-0.4, -0.2) is 16.3 Å². The highest BCUT2D eigenvalue weighted by atomic mass is 35.5. The SMILES string of the molecule is CCCCNCc1cc(-c2ccc(Cl)cc2)nn(C)c1=O. The van der Waals surface area contributed by atoms with Gasteiger partial charge in [0, 0.05) is 29.7 Å². The number of nitrogens with one attached hydrogen (secondary N) is 1. The fourth-order valence-corrected chi connectivity index (χ4v) is 2.21. The van der Waals surface area contributed by atoms with E-state index in [1.165, 1.54) is 4.68 Å². The number of aromatic nitrogens is 2. The van der Waals surface area contributed by atoms with Crippen LogP contribution < -0.4 is 10.9 Å². The first kappa shape index (κ1) is 15.7. The molecular weight excluding hydrogens is 286 g/mol. The van der Waals surface area contributed by atoms with Gasteiger partial charge < -0.3 is 5.32 Å². The minimum absolute atomic E-state index is 0.0586. The standard InChI is InChI=1S/C16H20ClN3O/c1-3-4-9-18-11-13-10-15(19-20(2)16(13)21)12-5-7-14(17)8-6-12/h5-8,10,18H,3-4,9,11H2,1-2H3. The number of rotatable bonds is 6. The van der Waals surface area contributed by atoms with Crippen LogP contribution in [-0.2, 0) is 13.6 Å². The third kappa shape index (κ3) is 4.16. The molecule has 0 aliphatic heterocycles. The second-order valence-electron chi connectivity index (χ2n) is 5.02. The van der Waals surface area contributed by atoms with Crippen molar-refractivity contribution in [1.29, 1.82) is 0 Å². The fraction of sp³-hybridized carbons (Fsp3) is 0.375. The van der Waals surface area contributed by atoms with Gasteiger partial charge in [0.15, 0.2) is 0 Å². The van der Waals surface area contributed by atoms with E-state index in [0.717, 1.165) is 36.2 Å². The molecule has 1 aromatic heterocycles. The smallest absolute Gasteiger partial charge is 0.271 e. The van der Waals surface area contributed by atoms with Gasteiger partial charge in [-0.1, -0.05) is 37.1 Å². The molecule has 21 heavy (non-hydrogen) atoms. The Morgan fingerprint density at radius 1 is 1.29 bits per heavy atom. The van der Waals surface area contributed by atoms with Crippen LogP contribution in [0.5, 0.6) is 0 Å². The van der Waals surface area contributed by atoms with Crippen molar-refractivity contribution in [3.63, 3.8) is 0 Å². The molecular formula is C16H20ClN3O. The Balaban J connectivity index is 2.25. The van der Waals surface area contributed by atoms with E-state index in [4.69, 9.17) is 11.6 Å². The summed E-state index contributed by atoms with van der Waals surface area (Å²) in [4.78, 5) is 12.1. The zero-order valence-corrected chi connectivity index (χ0v) is 13.2. The number of benzene rings is 1. The van der Waals surface area contributed by atoms with Crippen molar-refractivity contribution in [2.45, 2.75) is 26.3 Å². The number of aryl methyl sites for hydroxylation is 1. The molecule has 112 valence electrons. The number of unbranched alkanes of at least 4 members (excludes halogenated alkanes) is 1. The van der Waals surface area contributed by atoms with E-state index in [1.54, 1.807) is 7.05 Å². The Kier molecular flexibility index (Phi) is 5.53. The summed E-state index contributed by atoms with van der Waals surface area (Å²) in [6.07, 6.45) is 2.24. The lowest BCUT2D eigenvalue weighted by Crippen LogP contribution is -2.28. The molecule has 0 radical (unpaired) electrons. The highest BCUT2D eigenvalue weighted by molar-refractivity contribution is 6.30. The van der Waals surface area contributed by atoms with Crippen LogP contribution in [0, 0.1) is 0 Å². The van der Waals surface area contributed by atoms with Gasteiger partial charge in [0.2, 0.25) is 0 Å². The van der Waals surface area contributed by atoms with E-state index in [9.17, 15) is 4.79 Å². The fourth-order valence-electron chi connectivity index (χ4n) is 2.08. The first-order chi connectivity index (χ1) is 10.1. The van der Waals surface area contributed by atoms with E-state index in [-0.39, 0.29) is 5.56 Å². The molecule has 1 heterocycles. The average molecular weight is 306 g/mol.